The van der Waals surface area contributed by atoms with Gasteiger partial charge in [0.25, 0.3) is 0 Å². The first kappa shape index (κ1) is 23.4. The molecule has 9 atom stereocenters. The molecule has 4 aliphatic carbocycles. The summed E-state index contributed by atoms with van der Waals surface area (Å²) >= 11 is 0. The fourth-order valence-electron chi connectivity index (χ4n) is 8.34. The molecule has 0 spiro atoms. The van der Waals surface area contributed by atoms with Gasteiger partial charge >= 0.3 is 0 Å². The molecule has 0 N–H and O–H groups in total. The highest BCUT2D eigenvalue weighted by molar-refractivity contribution is 5.53. The lowest BCUT2D eigenvalue weighted by Gasteiger charge is -2.60. The van der Waals surface area contributed by atoms with Crippen LogP contribution in [0.2, 0.25) is 0 Å². The van der Waals surface area contributed by atoms with Crippen molar-refractivity contribution in [1.29, 1.82) is 0 Å². The van der Waals surface area contributed by atoms with Gasteiger partial charge in [0.2, 0.25) is 0 Å². The molecule has 4 rings (SSSR count). The van der Waals surface area contributed by atoms with Gasteiger partial charge < -0.3 is 23.7 Å². The third kappa shape index (κ3) is 3.84. The normalized spacial score (nSPS) is 45.3. The largest absolute Gasteiger partial charge is 0.359 e. The van der Waals surface area contributed by atoms with E-state index in [0.29, 0.717) is 42.7 Å². The van der Waals surface area contributed by atoms with Gasteiger partial charge in [-0.1, -0.05) is 32.4 Å². The third-order valence-corrected chi connectivity index (χ3v) is 9.86. The quantitative estimate of drug-likeness (QED) is 0.306. The minimum atomic E-state index is 0.0318. The number of allylic oxidation sites excluding steroid dienone is 1. The highest BCUT2D eigenvalue weighted by Crippen LogP contribution is 2.67. The Morgan fingerprint density at radius 2 is 1.84 bits per heavy atom. The van der Waals surface area contributed by atoms with Crippen LogP contribution in [0.3, 0.4) is 0 Å². The molecule has 3 fully saturated rings. The predicted molar refractivity (Wildman–Crippen MR) is 119 cm³/mol. The van der Waals surface area contributed by atoms with Gasteiger partial charge in [-0.2, -0.15) is 0 Å². The number of aldehydes is 1. The maximum Gasteiger partial charge on any atom is 0.146 e. The molecule has 176 valence electrons. The number of carbonyl (C=O) groups is 1. The van der Waals surface area contributed by atoms with Crippen LogP contribution in [-0.2, 0) is 23.7 Å². The maximum absolute atomic E-state index is 11.6. The molecule has 5 nitrogen and oxygen atoms in total. The van der Waals surface area contributed by atoms with E-state index < -0.39 is 0 Å². The molecule has 0 aromatic rings. The van der Waals surface area contributed by atoms with E-state index in [1.54, 1.807) is 14.2 Å². The maximum atomic E-state index is 11.6. The molecule has 0 aromatic carbocycles. The van der Waals surface area contributed by atoms with Crippen LogP contribution in [-0.4, -0.2) is 46.3 Å². The van der Waals surface area contributed by atoms with Crippen LogP contribution < -0.4 is 0 Å². The summed E-state index contributed by atoms with van der Waals surface area (Å²) in [6.45, 7) is 7.72. The predicted octanol–water partition coefficient (Wildman–Crippen LogP) is 4.99. The summed E-state index contributed by atoms with van der Waals surface area (Å²) in [7, 11) is 3.37. The molecule has 0 bridgehead atoms. The number of ether oxygens (including phenoxy) is 4. The van der Waals surface area contributed by atoms with E-state index in [-0.39, 0.29) is 23.5 Å². The van der Waals surface area contributed by atoms with E-state index >= 15 is 0 Å². The van der Waals surface area contributed by atoms with E-state index in [0.717, 1.165) is 19.3 Å². The zero-order valence-corrected chi connectivity index (χ0v) is 20.1. The lowest BCUT2D eigenvalue weighted by Crippen LogP contribution is -2.56. The van der Waals surface area contributed by atoms with Crippen molar-refractivity contribution in [3.8, 4) is 0 Å². The van der Waals surface area contributed by atoms with Gasteiger partial charge in [-0.15, -0.1) is 0 Å². The molecule has 0 aliphatic heterocycles. The molecule has 3 saturated carbocycles. The van der Waals surface area contributed by atoms with Crippen LogP contribution in [0.4, 0.5) is 0 Å². The smallest absolute Gasteiger partial charge is 0.146 e. The second-order valence-corrected chi connectivity index (χ2v) is 11.0. The van der Waals surface area contributed by atoms with Crippen LogP contribution in [0, 0.1) is 40.4 Å². The Hall–Kier alpha value is -0.750. The van der Waals surface area contributed by atoms with Crippen molar-refractivity contribution < 1.29 is 23.7 Å². The highest BCUT2D eigenvalue weighted by Gasteiger charge is 2.61. The van der Waals surface area contributed by atoms with E-state index in [4.69, 9.17) is 18.9 Å². The van der Waals surface area contributed by atoms with Crippen LogP contribution in [0.1, 0.15) is 65.7 Å². The molecule has 0 amide bonds. The molecule has 31 heavy (non-hydrogen) atoms. The molecule has 0 unspecified atom stereocenters. The van der Waals surface area contributed by atoms with Gasteiger partial charge in [0.05, 0.1) is 12.2 Å². The number of rotatable bonds is 8. The SMILES string of the molecule is COCO[C@@H]1CC2=CC[C@H]3[C@@H]4CC[C@H]([C@H](C)C=O)[C@@]4(C)CC[C@@H]3[C@@]2(C)[C@@H](OCOC)C1. The average Bonchev–Trinajstić information content (AvgIpc) is 3.13. The van der Waals surface area contributed by atoms with Gasteiger partial charge in [0.1, 0.15) is 19.9 Å². The average molecular weight is 435 g/mol. The summed E-state index contributed by atoms with van der Waals surface area (Å²) < 4.78 is 22.8. The molecular weight excluding hydrogens is 392 g/mol. The summed E-state index contributed by atoms with van der Waals surface area (Å²) in [6, 6.07) is 0. The fraction of sp³-hybridized carbons (Fsp3) is 0.885. The van der Waals surface area contributed by atoms with Crippen LogP contribution in [0.25, 0.3) is 0 Å². The zero-order chi connectivity index (χ0) is 22.2. The van der Waals surface area contributed by atoms with Gasteiger partial charge in [0, 0.05) is 32.0 Å². The summed E-state index contributed by atoms with van der Waals surface area (Å²) in [5.41, 5.74) is 1.84. The van der Waals surface area contributed by atoms with Crippen LogP contribution in [0.15, 0.2) is 11.6 Å². The summed E-state index contributed by atoms with van der Waals surface area (Å²) in [6.07, 6.45) is 11.9. The lowest BCUT2D eigenvalue weighted by atomic mass is 9.46. The number of methoxy groups -OCH3 is 2. The summed E-state index contributed by atoms with van der Waals surface area (Å²) in [5, 5.41) is 0. The van der Waals surface area contributed by atoms with E-state index in [2.05, 4.69) is 26.8 Å². The topological polar surface area (TPSA) is 54.0 Å². The molecule has 4 aliphatic rings. The highest BCUT2D eigenvalue weighted by atomic mass is 16.7. The van der Waals surface area contributed by atoms with Gasteiger partial charge in [0.15, 0.2) is 0 Å². The van der Waals surface area contributed by atoms with Crippen molar-refractivity contribution in [2.75, 3.05) is 27.8 Å². The Morgan fingerprint density at radius 3 is 2.55 bits per heavy atom. The molecule has 0 radical (unpaired) electrons. The summed E-state index contributed by atoms with van der Waals surface area (Å²) in [4.78, 5) is 11.6. The first-order valence-electron chi connectivity index (χ1n) is 12.3. The molecule has 5 heteroatoms. The number of hydrogen-bond acceptors (Lipinski definition) is 5. The van der Waals surface area contributed by atoms with Crippen molar-refractivity contribution in [3.63, 3.8) is 0 Å². The van der Waals surface area contributed by atoms with E-state index in [1.807, 2.05) is 0 Å². The van der Waals surface area contributed by atoms with Gasteiger partial charge in [-0.25, -0.2) is 0 Å². The van der Waals surface area contributed by atoms with Crippen molar-refractivity contribution in [3.05, 3.63) is 11.6 Å². The van der Waals surface area contributed by atoms with Crippen molar-refractivity contribution in [1.82, 2.24) is 0 Å². The van der Waals surface area contributed by atoms with Crippen molar-refractivity contribution in [2.45, 2.75) is 77.9 Å². The van der Waals surface area contributed by atoms with Crippen LogP contribution in [0.5, 0.6) is 0 Å². The second-order valence-electron chi connectivity index (χ2n) is 11.0. The Kier molecular flexibility index (Phi) is 6.98. The third-order valence-electron chi connectivity index (χ3n) is 9.86. The fourth-order valence-corrected chi connectivity index (χ4v) is 8.34. The van der Waals surface area contributed by atoms with Crippen molar-refractivity contribution in [2.24, 2.45) is 40.4 Å². The van der Waals surface area contributed by atoms with Crippen molar-refractivity contribution >= 4 is 6.29 Å². The number of carbonyl (C=O) groups excluding carboxylic acids is 1. The minimum Gasteiger partial charge on any atom is -0.359 e. The molecule has 0 saturated heterocycles. The van der Waals surface area contributed by atoms with E-state index in [9.17, 15) is 4.79 Å². The lowest BCUT2D eigenvalue weighted by molar-refractivity contribution is -0.179. The van der Waals surface area contributed by atoms with E-state index in [1.165, 1.54) is 37.5 Å². The first-order chi connectivity index (χ1) is 14.9. The van der Waals surface area contributed by atoms with Crippen LogP contribution >= 0.6 is 0 Å². The molecule has 0 heterocycles. The standard InChI is InChI=1S/C26H42O5/c1-17(14-27)21-8-9-22-20-7-6-18-12-19(30-15-28-4)13-24(31-16-29-5)26(18,3)23(20)10-11-25(21,22)2/h6,14,17,19-24H,7-13,15-16H2,1-5H3/t17-,19-,20+,21-,22+,23+,24+,25-,26+/m1/s1. The summed E-state index contributed by atoms with van der Waals surface area (Å²) in [5.74, 6) is 2.72. The Bertz CT molecular complexity index is 677. The Balaban J connectivity index is 1.62. The molecule has 0 aromatic heterocycles. The first-order valence-corrected chi connectivity index (χ1v) is 12.3. The monoisotopic (exact) mass is 434 g/mol. The number of fused-ring (bicyclic) bond motifs is 5. The van der Waals surface area contributed by atoms with Gasteiger partial charge in [-0.05, 0) is 67.6 Å². The molecular formula is C26H42O5. The minimum absolute atomic E-state index is 0.0318. The zero-order valence-electron chi connectivity index (χ0n) is 20.1. The number of hydrogen-bond donors (Lipinski definition) is 0. The van der Waals surface area contributed by atoms with Gasteiger partial charge in [-0.3, -0.25) is 0 Å². The second kappa shape index (κ2) is 9.24. The Labute approximate surface area is 188 Å². The Morgan fingerprint density at radius 1 is 1.10 bits per heavy atom.